The van der Waals surface area contributed by atoms with Gasteiger partial charge in [0.2, 0.25) is 11.8 Å². The minimum absolute atomic E-state index is 0.0325. The van der Waals surface area contributed by atoms with Crippen LogP contribution in [0.5, 0.6) is 0 Å². The maximum atomic E-state index is 11.4. The predicted octanol–water partition coefficient (Wildman–Crippen LogP) is 1.04. The lowest BCUT2D eigenvalue weighted by molar-refractivity contribution is -0.148. The van der Waals surface area contributed by atoms with Crippen LogP contribution in [0.25, 0.3) is 0 Å². The van der Waals surface area contributed by atoms with Gasteiger partial charge in [-0.2, -0.15) is 0 Å². The average Bonchev–Trinajstić information content (AvgIpc) is 2.17. The van der Waals surface area contributed by atoms with Crippen LogP contribution in [0, 0.1) is 0 Å². The van der Waals surface area contributed by atoms with Crippen LogP contribution in [0.3, 0.4) is 0 Å². The first-order valence-electron chi connectivity index (χ1n) is 5.74. The van der Waals surface area contributed by atoms with E-state index in [2.05, 4.69) is 6.92 Å². The summed E-state index contributed by atoms with van der Waals surface area (Å²) in [5.41, 5.74) is 5.84. The van der Waals surface area contributed by atoms with Crippen molar-refractivity contribution in [2.24, 2.45) is 5.73 Å². The molecule has 1 heterocycles. The maximum absolute atomic E-state index is 11.4. The number of hydrogen-bond donors (Lipinski definition) is 1. The Hall–Kier alpha value is -0.900. The number of piperidine rings is 1. The third kappa shape index (κ3) is 3.63. The van der Waals surface area contributed by atoms with Crippen LogP contribution < -0.4 is 5.73 Å². The minimum Gasteiger partial charge on any atom is -0.328 e. The van der Waals surface area contributed by atoms with Gasteiger partial charge in [-0.05, 0) is 19.3 Å². The Kier molecular flexibility index (Phi) is 4.75. The second kappa shape index (κ2) is 5.85. The van der Waals surface area contributed by atoms with Crippen LogP contribution in [-0.4, -0.2) is 29.3 Å². The van der Waals surface area contributed by atoms with Crippen molar-refractivity contribution >= 4 is 11.8 Å². The zero-order valence-electron chi connectivity index (χ0n) is 9.37. The molecule has 0 saturated carbocycles. The fourth-order valence-corrected chi connectivity index (χ4v) is 1.86. The number of hydrogen-bond acceptors (Lipinski definition) is 3. The third-order valence-corrected chi connectivity index (χ3v) is 2.77. The van der Waals surface area contributed by atoms with Gasteiger partial charge >= 0.3 is 0 Å². The summed E-state index contributed by atoms with van der Waals surface area (Å²) >= 11 is 0. The van der Waals surface area contributed by atoms with Gasteiger partial charge in [0.05, 0.1) is 0 Å². The number of rotatable bonds is 5. The molecule has 0 aliphatic carbocycles. The number of amides is 2. The van der Waals surface area contributed by atoms with Crippen LogP contribution >= 0.6 is 0 Å². The molecule has 1 unspecified atom stereocenters. The molecule has 1 rings (SSSR count). The smallest absolute Gasteiger partial charge is 0.229 e. The summed E-state index contributed by atoms with van der Waals surface area (Å²) in [6, 6.07) is 0.109. The number of imide groups is 1. The number of carbonyl (C=O) groups excluding carboxylic acids is 2. The number of carbonyl (C=O) groups is 2. The quantitative estimate of drug-likeness (QED) is 0.693. The van der Waals surface area contributed by atoms with E-state index in [9.17, 15) is 9.59 Å². The van der Waals surface area contributed by atoms with Gasteiger partial charge in [0.25, 0.3) is 0 Å². The summed E-state index contributed by atoms with van der Waals surface area (Å²) < 4.78 is 0. The third-order valence-electron chi connectivity index (χ3n) is 2.77. The predicted molar refractivity (Wildman–Crippen MR) is 58.1 cm³/mol. The first-order valence-corrected chi connectivity index (χ1v) is 5.74. The van der Waals surface area contributed by atoms with E-state index in [1.165, 1.54) is 4.90 Å². The van der Waals surface area contributed by atoms with Gasteiger partial charge in [0.15, 0.2) is 0 Å². The van der Waals surface area contributed by atoms with Crippen LogP contribution in [0.4, 0.5) is 0 Å². The summed E-state index contributed by atoms with van der Waals surface area (Å²) in [5.74, 6) is -0.0649. The lowest BCUT2D eigenvalue weighted by Gasteiger charge is -2.25. The van der Waals surface area contributed by atoms with Crippen molar-refractivity contribution in [3.63, 3.8) is 0 Å². The second-order valence-electron chi connectivity index (χ2n) is 4.13. The number of nitrogens with two attached hydrogens (primary N) is 1. The van der Waals surface area contributed by atoms with E-state index in [-0.39, 0.29) is 17.9 Å². The monoisotopic (exact) mass is 212 g/mol. The van der Waals surface area contributed by atoms with Crippen molar-refractivity contribution in [3.8, 4) is 0 Å². The summed E-state index contributed by atoms with van der Waals surface area (Å²) in [5, 5.41) is 0. The van der Waals surface area contributed by atoms with Crippen LogP contribution in [0.15, 0.2) is 0 Å². The molecule has 1 aliphatic rings. The van der Waals surface area contributed by atoms with Crippen molar-refractivity contribution in [3.05, 3.63) is 0 Å². The van der Waals surface area contributed by atoms with E-state index in [1.54, 1.807) is 0 Å². The highest BCUT2D eigenvalue weighted by molar-refractivity contribution is 5.97. The standard InChI is InChI=1S/C11H20N2O2/c1-2-4-9(12)7-8-13-10(14)5-3-6-11(13)15/h9H,2-8,12H2,1H3. The highest BCUT2D eigenvalue weighted by atomic mass is 16.2. The molecule has 2 amide bonds. The second-order valence-corrected chi connectivity index (χ2v) is 4.13. The Morgan fingerprint density at radius 3 is 2.40 bits per heavy atom. The molecule has 0 radical (unpaired) electrons. The highest BCUT2D eigenvalue weighted by Crippen LogP contribution is 2.13. The van der Waals surface area contributed by atoms with Crippen LogP contribution in [0.1, 0.15) is 45.4 Å². The number of likely N-dealkylation sites (tertiary alicyclic amines) is 1. The SMILES string of the molecule is CCCC(N)CCN1C(=O)CCCC1=O. The van der Waals surface area contributed by atoms with E-state index in [0.717, 1.165) is 19.3 Å². The molecule has 0 aromatic rings. The Labute approximate surface area is 90.8 Å². The average molecular weight is 212 g/mol. The highest BCUT2D eigenvalue weighted by Gasteiger charge is 2.25. The summed E-state index contributed by atoms with van der Waals surface area (Å²) in [4.78, 5) is 24.3. The molecule has 86 valence electrons. The van der Waals surface area contributed by atoms with E-state index in [1.807, 2.05) is 0 Å². The van der Waals surface area contributed by atoms with E-state index in [4.69, 9.17) is 5.73 Å². The lowest BCUT2D eigenvalue weighted by atomic mass is 10.1. The van der Waals surface area contributed by atoms with E-state index < -0.39 is 0 Å². The summed E-state index contributed by atoms with van der Waals surface area (Å²) in [7, 11) is 0. The van der Waals surface area contributed by atoms with Crippen molar-refractivity contribution in [1.82, 2.24) is 4.90 Å². The molecular weight excluding hydrogens is 192 g/mol. The Morgan fingerprint density at radius 1 is 1.27 bits per heavy atom. The summed E-state index contributed by atoms with van der Waals surface area (Å²) in [6.07, 6.45) is 4.45. The number of nitrogens with zero attached hydrogens (tertiary/aromatic N) is 1. The molecular formula is C11H20N2O2. The van der Waals surface area contributed by atoms with Crippen LogP contribution in [0.2, 0.25) is 0 Å². The van der Waals surface area contributed by atoms with Crippen molar-refractivity contribution in [1.29, 1.82) is 0 Å². The lowest BCUT2D eigenvalue weighted by Crippen LogP contribution is -2.42. The van der Waals surface area contributed by atoms with Gasteiger partial charge < -0.3 is 5.73 Å². The zero-order chi connectivity index (χ0) is 11.3. The Morgan fingerprint density at radius 2 is 1.87 bits per heavy atom. The molecule has 4 nitrogen and oxygen atoms in total. The molecule has 0 aromatic heterocycles. The molecule has 4 heteroatoms. The first-order chi connectivity index (χ1) is 7.15. The zero-order valence-corrected chi connectivity index (χ0v) is 9.37. The van der Waals surface area contributed by atoms with Gasteiger partial charge in [-0.15, -0.1) is 0 Å². The van der Waals surface area contributed by atoms with Crippen molar-refractivity contribution in [2.75, 3.05) is 6.54 Å². The summed E-state index contributed by atoms with van der Waals surface area (Å²) in [6.45, 7) is 2.58. The molecule has 0 spiro atoms. The molecule has 1 saturated heterocycles. The maximum Gasteiger partial charge on any atom is 0.229 e. The molecule has 1 fully saturated rings. The topological polar surface area (TPSA) is 63.4 Å². The fraction of sp³-hybridized carbons (Fsp3) is 0.818. The largest absolute Gasteiger partial charge is 0.328 e. The van der Waals surface area contributed by atoms with Gasteiger partial charge in [0, 0.05) is 25.4 Å². The van der Waals surface area contributed by atoms with Gasteiger partial charge in [-0.1, -0.05) is 13.3 Å². The fourth-order valence-electron chi connectivity index (χ4n) is 1.86. The molecule has 15 heavy (non-hydrogen) atoms. The van der Waals surface area contributed by atoms with Gasteiger partial charge in [0.1, 0.15) is 0 Å². The minimum atomic E-state index is -0.0325. The Balaban J connectivity index is 2.35. The molecule has 1 atom stereocenters. The Bertz CT molecular complexity index is 225. The van der Waals surface area contributed by atoms with Gasteiger partial charge in [-0.3, -0.25) is 14.5 Å². The molecule has 1 aliphatic heterocycles. The van der Waals surface area contributed by atoms with Crippen molar-refractivity contribution in [2.45, 2.75) is 51.5 Å². The normalized spacial score (nSPS) is 19.5. The van der Waals surface area contributed by atoms with E-state index in [0.29, 0.717) is 25.8 Å². The molecule has 0 bridgehead atoms. The van der Waals surface area contributed by atoms with E-state index >= 15 is 0 Å². The first kappa shape index (κ1) is 12.2. The van der Waals surface area contributed by atoms with Crippen molar-refractivity contribution < 1.29 is 9.59 Å². The van der Waals surface area contributed by atoms with Crippen LogP contribution in [-0.2, 0) is 9.59 Å². The molecule has 0 aromatic carbocycles. The van der Waals surface area contributed by atoms with Gasteiger partial charge in [-0.25, -0.2) is 0 Å². The molecule has 2 N–H and O–H groups in total.